The standard InChI is InChI=1S/C15H14N2O5/c1-3-21-15(18)13-8-10(2)16-9-14(13)22-12-6-4-11(5-7-12)17(19)20/h4-9H,3H2,1-2H3. The summed E-state index contributed by atoms with van der Waals surface area (Å²) in [6.45, 7) is 3.71. The molecule has 0 aliphatic rings. The number of aromatic nitrogens is 1. The van der Waals surface area contributed by atoms with Gasteiger partial charge in [0.15, 0.2) is 5.75 Å². The second-order valence-electron chi connectivity index (χ2n) is 4.40. The van der Waals surface area contributed by atoms with E-state index >= 15 is 0 Å². The minimum atomic E-state index is -0.509. The third-order valence-electron chi connectivity index (χ3n) is 2.77. The molecule has 7 nitrogen and oxygen atoms in total. The highest BCUT2D eigenvalue weighted by molar-refractivity contribution is 5.92. The van der Waals surface area contributed by atoms with Crippen LogP contribution in [-0.4, -0.2) is 22.5 Å². The summed E-state index contributed by atoms with van der Waals surface area (Å²) < 4.78 is 10.6. The Kier molecular flexibility index (Phi) is 4.67. The van der Waals surface area contributed by atoms with E-state index in [4.69, 9.17) is 9.47 Å². The highest BCUT2D eigenvalue weighted by Gasteiger charge is 2.16. The zero-order chi connectivity index (χ0) is 16.1. The number of non-ortho nitro benzene ring substituents is 1. The summed E-state index contributed by atoms with van der Waals surface area (Å²) in [5, 5.41) is 10.6. The van der Waals surface area contributed by atoms with Crippen LogP contribution in [0.4, 0.5) is 5.69 Å². The van der Waals surface area contributed by atoms with E-state index in [0.29, 0.717) is 11.4 Å². The molecule has 114 valence electrons. The molecule has 0 spiro atoms. The van der Waals surface area contributed by atoms with Crippen molar-refractivity contribution in [3.05, 3.63) is 57.9 Å². The Labute approximate surface area is 126 Å². The molecule has 0 amide bonds. The average Bonchev–Trinajstić information content (AvgIpc) is 2.50. The number of aryl methyl sites for hydroxylation is 1. The fraction of sp³-hybridized carbons (Fsp3) is 0.200. The van der Waals surface area contributed by atoms with E-state index in [0.717, 1.165) is 0 Å². The van der Waals surface area contributed by atoms with Gasteiger partial charge in [-0.15, -0.1) is 0 Å². The first kappa shape index (κ1) is 15.4. The van der Waals surface area contributed by atoms with Crippen molar-refractivity contribution in [3.63, 3.8) is 0 Å². The maximum atomic E-state index is 11.9. The fourth-order valence-electron chi connectivity index (χ4n) is 1.76. The van der Waals surface area contributed by atoms with Gasteiger partial charge < -0.3 is 9.47 Å². The first-order chi connectivity index (χ1) is 10.5. The molecule has 0 aliphatic carbocycles. The van der Waals surface area contributed by atoms with Gasteiger partial charge in [0.05, 0.1) is 17.7 Å². The number of nitrogens with zero attached hydrogens (tertiary/aromatic N) is 2. The number of nitro groups is 1. The molecule has 22 heavy (non-hydrogen) atoms. The molecule has 0 saturated heterocycles. The van der Waals surface area contributed by atoms with Crippen molar-refractivity contribution in [2.45, 2.75) is 13.8 Å². The number of ether oxygens (including phenoxy) is 2. The van der Waals surface area contributed by atoms with Crippen LogP contribution in [-0.2, 0) is 4.74 Å². The molecular formula is C15H14N2O5. The minimum Gasteiger partial charge on any atom is -0.462 e. The Hall–Kier alpha value is -2.96. The van der Waals surface area contributed by atoms with Crippen molar-refractivity contribution in [1.29, 1.82) is 0 Å². The molecule has 0 bridgehead atoms. The van der Waals surface area contributed by atoms with Gasteiger partial charge >= 0.3 is 5.97 Å². The van der Waals surface area contributed by atoms with Crippen molar-refractivity contribution in [1.82, 2.24) is 4.98 Å². The summed E-state index contributed by atoms with van der Waals surface area (Å²) in [5.41, 5.74) is 0.867. The van der Waals surface area contributed by atoms with Crippen molar-refractivity contribution in [3.8, 4) is 11.5 Å². The van der Waals surface area contributed by atoms with Crippen LogP contribution >= 0.6 is 0 Å². The molecule has 0 saturated carbocycles. The zero-order valence-corrected chi connectivity index (χ0v) is 12.1. The van der Waals surface area contributed by atoms with Crippen LogP contribution in [0.15, 0.2) is 36.5 Å². The lowest BCUT2D eigenvalue weighted by Crippen LogP contribution is -2.07. The third kappa shape index (κ3) is 3.57. The Morgan fingerprint density at radius 2 is 2.00 bits per heavy atom. The van der Waals surface area contributed by atoms with Crippen molar-refractivity contribution in [2.75, 3.05) is 6.61 Å². The molecule has 1 aromatic carbocycles. The SMILES string of the molecule is CCOC(=O)c1cc(C)ncc1Oc1ccc([N+](=O)[O-])cc1. The molecule has 0 atom stereocenters. The number of hydrogen-bond acceptors (Lipinski definition) is 6. The summed E-state index contributed by atoms with van der Waals surface area (Å²) in [7, 11) is 0. The lowest BCUT2D eigenvalue weighted by molar-refractivity contribution is -0.384. The Bertz CT molecular complexity index is 698. The zero-order valence-electron chi connectivity index (χ0n) is 12.1. The predicted molar refractivity (Wildman–Crippen MR) is 78.1 cm³/mol. The van der Waals surface area contributed by atoms with Crippen molar-refractivity contribution < 1.29 is 19.2 Å². The molecule has 1 aromatic heterocycles. The van der Waals surface area contributed by atoms with Gasteiger partial charge in [-0.3, -0.25) is 15.1 Å². The molecule has 0 unspecified atom stereocenters. The second-order valence-corrected chi connectivity index (χ2v) is 4.40. The van der Waals surface area contributed by atoms with Crippen LogP contribution in [0.25, 0.3) is 0 Å². The molecule has 0 radical (unpaired) electrons. The number of rotatable bonds is 5. The highest BCUT2D eigenvalue weighted by Crippen LogP contribution is 2.27. The molecule has 0 aliphatic heterocycles. The summed E-state index contributed by atoms with van der Waals surface area (Å²) in [4.78, 5) is 26.1. The van der Waals surface area contributed by atoms with Crippen LogP contribution in [0.3, 0.4) is 0 Å². The third-order valence-corrected chi connectivity index (χ3v) is 2.77. The maximum absolute atomic E-state index is 11.9. The van der Waals surface area contributed by atoms with E-state index in [9.17, 15) is 14.9 Å². The van der Waals surface area contributed by atoms with E-state index in [1.165, 1.54) is 30.5 Å². The second kappa shape index (κ2) is 6.66. The number of pyridine rings is 1. The molecule has 0 N–H and O–H groups in total. The highest BCUT2D eigenvalue weighted by atomic mass is 16.6. The lowest BCUT2D eigenvalue weighted by atomic mass is 10.2. The number of esters is 1. The first-order valence-electron chi connectivity index (χ1n) is 6.57. The summed E-state index contributed by atoms with van der Waals surface area (Å²) in [5.74, 6) is 0.0876. The van der Waals surface area contributed by atoms with Gasteiger partial charge in [0.1, 0.15) is 11.3 Å². The van der Waals surface area contributed by atoms with Crippen molar-refractivity contribution >= 4 is 11.7 Å². The predicted octanol–water partition coefficient (Wildman–Crippen LogP) is 3.27. The number of carbonyl (C=O) groups is 1. The summed E-state index contributed by atoms with van der Waals surface area (Å²) >= 11 is 0. The smallest absolute Gasteiger partial charge is 0.342 e. The quantitative estimate of drug-likeness (QED) is 0.478. The van der Waals surface area contributed by atoms with Gasteiger partial charge in [0.2, 0.25) is 0 Å². The Morgan fingerprint density at radius 1 is 1.32 bits per heavy atom. The number of nitro benzene ring substituents is 1. The van der Waals surface area contributed by atoms with E-state index in [1.54, 1.807) is 19.9 Å². The van der Waals surface area contributed by atoms with E-state index in [-0.39, 0.29) is 23.6 Å². The maximum Gasteiger partial charge on any atom is 0.342 e. The lowest BCUT2D eigenvalue weighted by Gasteiger charge is -2.10. The monoisotopic (exact) mass is 302 g/mol. The molecule has 1 heterocycles. The van der Waals surface area contributed by atoms with Crippen LogP contribution in [0.5, 0.6) is 11.5 Å². The van der Waals surface area contributed by atoms with Gasteiger partial charge in [0, 0.05) is 17.8 Å². The van der Waals surface area contributed by atoms with Gasteiger partial charge in [-0.05, 0) is 32.0 Å². The first-order valence-corrected chi connectivity index (χ1v) is 6.57. The van der Waals surface area contributed by atoms with E-state index < -0.39 is 10.9 Å². The van der Waals surface area contributed by atoms with Gasteiger partial charge in [-0.1, -0.05) is 0 Å². The summed E-state index contributed by atoms with van der Waals surface area (Å²) in [6, 6.07) is 7.11. The normalized spacial score (nSPS) is 10.1. The van der Waals surface area contributed by atoms with E-state index in [2.05, 4.69) is 4.98 Å². The summed E-state index contributed by atoms with van der Waals surface area (Å²) in [6.07, 6.45) is 1.42. The molecular weight excluding hydrogens is 288 g/mol. The molecule has 2 aromatic rings. The average molecular weight is 302 g/mol. The van der Waals surface area contributed by atoms with Gasteiger partial charge in [0.25, 0.3) is 5.69 Å². The van der Waals surface area contributed by atoms with Crippen molar-refractivity contribution in [2.24, 2.45) is 0 Å². The van der Waals surface area contributed by atoms with Gasteiger partial charge in [-0.2, -0.15) is 0 Å². The number of hydrogen-bond donors (Lipinski definition) is 0. The fourth-order valence-corrected chi connectivity index (χ4v) is 1.76. The molecule has 0 fully saturated rings. The van der Waals surface area contributed by atoms with Crippen LogP contribution < -0.4 is 4.74 Å². The largest absolute Gasteiger partial charge is 0.462 e. The van der Waals surface area contributed by atoms with Crippen LogP contribution in [0, 0.1) is 17.0 Å². The Morgan fingerprint density at radius 3 is 2.59 bits per heavy atom. The number of benzene rings is 1. The van der Waals surface area contributed by atoms with E-state index in [1.807, 2.05) is 0 Å². The minimum absolute atomic E-state index is 0.0417. The van der Waals surface area contributed by atoms with Gasteiger partial charge in [-0.25, -0.2) is 4.79 Å². The molecule has 2 rings (SSSR count). The Balaban J connectivity index is 2.28. The topological polar surface area (TPSA) is 91.6 Å². The van der Waals surface area contributed by atoms with Crippen LogP contribution in [0.2, 0.25) is 0 Å². The van der Waals surface area contributed by atoms with Crippen LogP contribution in [0.1, 0.15) is 23.0 Å². The molecule has 7 heteroatoms. The number of carbonyl (C=O) groups excluding carboxylic acids is 1.